The van der Waals surface area contributed by atoms with Crippen LogP contribution < -0.4 is 15.4 Å². The second-order valence-corrected chi connectivity index (χ2v) is 5.75. The quantitative estimate of drug-likeness (QED) is 0.816. The molecule has 0 aliphatic heterocycles. The molecule has 0 aliphatic rings. The van der Waals surface area contributed by atoms with Crippen molar-refractivity contribution < 1.29 is 9.53 Å². The normalized spacial score (nSPS) is 10.3. The van der Waals surface area contributed by atoms with Gasteiger partial charge in [-0.3, -0.25) is 0 Å². The zero-order chi connectivity index (χ0) is 16.8. The topological polar surface area (TPSA) is 50.4 Å². The second-order valence-electron chi connectivity index (χ2n) is 5.75. The third-order valence-electron chi connectivity index (χ3n) is 3.78. The highest BCUT2D eigenvalue weighted by atomic mass is 16.5. The van der Waals surface area contributed by atoms with Crippen LogP contribution in [0.5, 0.6) is 5.75 Å². The fourth-order valence-electron chi connectivity index (χ4n) is 2.36. The Balaban J connectivity index is 1.79. The number of hydrogen-bond acceptors (Lipinski definition) is 2. The number of amides is 2. The van der Waals surface area contributed by atoms with Crippen LogP contribution in [-0.4, -0.2) is 19.2 Å². The summed E-state index contributed by atoms with van der Waals surface area (Å²) in [5.41, 5.74) is 5.35. The van der Waals surface area contributed by atoms with Crippen LogP contribution in [0.2, 0.25) is 0 Å². The number of ether oxygens (including phenoxy) is 1. The molecule has 0 atom stereocenters. The number of urea groups is 1. The molecule has 23 heavy (non-hydrogen) atoms. The second kappa shape index (κ2) is 7.68. The smallest absolute Gasteiger partial charge is 0.319 e. The number of anilines is 1. The van der Waals surface area contributed by atoms with Gasteiger partial charge in [0.15, 0.2) is 0 Å². The minimum atomic E-state index is -0.225. The summed E-state index contributed by atoms with van der Waals surface area (Å²) in [6, 6.07) is 11.6. The van der Waals surface area contributed by atoms with Crippen LogP contribution in [0.1, 0.15) is 22.3 Å². The Morgan fingerprint density at radius 3 is 2.52 bits per heavy atom. The molecular formula is C19H24N2O2. The summed E-state index contributed by atoms with van der Waals surface area (Å²) in [6.45, 7) is 9.02. The minimum Gasteiger partial charge on any atom is -0.491 e. The van der Waals surface area contributed by atoms with Gasteiger partial charge in [-0.15, -0.1) is 0 Å². The zero-order valence-corrected chi connectivity index (χ0v) is 14.2. The number of carbonyl (C=O) groups is 1. The molecule has 0 radical (unpaired) electrons. The first-order valence-electron chi connectivity index (χ1n) is 7.78. The molecule has 0 unspecified atom stereocenters. The fraction of sp³-hybridized carbons (Fsp3) is 0.316. The van der Waals surface area contributed by atoms with E-state index in [2.05, 4.69) is 36.6 Å². The molecule has 2 amide bonds. The Hall–Kier alpha value is -2.49. The lowest BCUT2D eigenvalue weighted by Crippen LogP contribution is -2.32. The Morgan fingerprint density at radius 2 is 1.78 bits per heavy atom. The van der Waals surface area contributed by atoms with E-state index in [1.807, 2.05) is 38.1 Å². The van der Waals surface area contributed by atoms with Gasteiger partial charge in [0, 0.05) is 5.69 Å². The van der Waals surface area contributed by atoms with E-state index in [9.17, 15) is 4.79 Å². The van der Waals surface area contributed by atoms with Gasteiger partial charge in [-0.25, -0.2) is 4.79 Å². The average Bonchev–Trinajstić information content (AvgIpc) is 2.50. The molecule has 122 valence electrons. The molecule has 2 N–H and O–H groups in total. The molecule has 2 rings (SSSR count). The van der Waals surface area contributed by atoms with Gasteiger partial charge in [-0.2, -0.15) is 0 Å². The standard InChI is InChI=1S/C19H24N2O2/c1-13-6-5-7-17(12-13)21-19(22)20-10-11-23-18-15(3)9-8-14(2)16(18)4/h5-9,12H,10-11H2,1-4H3,(H2,20,21,22). The van der Waals surface area contributed by atoms with Gasteiger partial charge in [-0.1, -0.05) is 24.3 Å². The van der Waals surface area contributed by atoms with Gasteiger partial charge in [0.1, 0.15) is 12.4 Å². The van der Waals surface area contributed by atoms with E-state index >= 15 is 0 Å². The van der Waals surface area contributed by atoms with E-state index in [0.29, 0.717) is 13.2 Å². The number of rotatable bonds is 5. The summed E-state index contributed by atoms with van der Waals surface area (Å²) in [7, 11) is 0. The summed E-state index contributed by atoms with van der Waals surface area (Å²) in [4.78, 5) is 11.8. The third-order valence-corrected chi connectivity index (χ3v) is 3.78. The van der Waals surface area contributed by atoms with Crippen molar-refractivity contribution in [2.24, 2.45) is 0 Å². The first-order valence-corrected chi connectivity index (χ1v) is 7.78. The van der Waals surface area contributed by atoms with Crippen LogP contribution in [0.4, 0.5) is 10.5 Å². The van der Waals surface area contributed by atoms with Gasteiger partial charge in [0.25, 0.3) is 0 Å². The highest BCUT2D eigenvalue weighted by molar-refractivity contribution is 5.89. The molecule has 0 saturated carbocycles. The van der Waals surface area contributed by atoms with Crippen LogP contribution in [-0.2, 0) is 0 Å². The summed E-state index contributed by atoms with van der Waals surface area (Å²) in [5, 5.41) is 5.61. The third kappa shape index (κ3) is 4.74. The van der Waals surface area contributed by atoms with Crippen LogP contribution in [0.15, 0.2) is 36.4 Å². The number of nitrogens with one attached hydrogen (secondary N) is 2. The summed E-state index contributed by atoms with van der Waals surface area (Å²) < 4.78 is 5.83. The Labute approximate surface area is 137 Å². The first-order chi connectivity index (χ1) is 11.0. The Bertz CT molecular complexity index is 696. The number of carbonyl (C=O) groups excluding carboxylic acids is 1. The van der Waals surface area contributed by atoms with Gasteiger partial charge >= 0.3 is 6.03 Å². The molecule has 0 fully saturated rings. The predicted molar refractivity (Wildman–Crippen MR) is 94.3 cm³/mol. The van der Waals surface area contributed by atoms with Crippen molar-refractivity contribution in [3.63, 3.8) is 0 Å². The largest absolute Gasteiger partial charge is 0.491 e. The van der Waals surface area contributed by atoms with E-state index < -0.39 is 0 Å². The molecule has 0 heterocycles. The van der Waals surface area contributed by atoms with E-state index in [0.717, 1.165) is 28.1 Å². The van der Waals surface area contributed by atoms with E-state index in [-0.39, 0.29) is 6.03 Å². The number of aryl methyl sites for hydroxylation is 3. The molecule has 0 spiro atoms. The maximum Gasteiger partial charge on any atom is 0.319 e. The SMILES string of the molecule is Cc1cccc(NC(=O)NCCOc2c(C)ccc(C)c2C)c1. The van der Waals surface area contributed by atoms with E-state index in [4.69, 9.17) is 4.74 Å². The average molecular weight is 312 g/mol. The molecule has 2 aromatic rings. The maximum atomic E-state index is 11.8. The van der Waals surface area contributed by atoms with Gasteiger partial charge in [-0.05, 0) is 62.1 Å². The van der Waals surface area contributed by atoms with E-state index in [1.165, 1.54) is 5.56 Å². The molecule has 0 saturated heterocycles. The summed E-state index contributed by atoms with van der Waals surface area (Å²) in [6.07, 6.45) is 0. The molecule has 4 nitrogen and oxygen atoms in total. The fourth-order valence-corrected chi connectivity index (χ4v) is 2.36. The lowest BCUT2D eigenvalue weighted by atomic mass is 10.1. The van der Waals surface area contributed by atoms with Crippen LogP contribution in [0.3, 0.4) is 0 Å². The molecular weight excluding hydrogens is 288 g/mol. The maximum absolute atomic E-state index is 11.8. The number of hydrogen-bond donors (Lipinski definition) is 2. The highest BCUT2D eigenvalue weighted by Gasteiger charge is 2.07. The number of benzene rings is 2. The zero-order valence-electron chi connectivity index (χ0n) is 14.2. The monoisotopic (exact) mass is 312 g/mol. The Kier molecular flexibility index (Phi) is 5.63. The lowest BCUT2D eigenvalue weighted by molar-refractivity contribution is 0.247. The van der Waals surface area contributed by atoms with Crippen molar-refractivity contribution in [3.05, 3.63) is 58.7 Å². The molecule has 0 bridgehead atoms. The van der Waals surface area contributed by atoms with Crippen molar-refractivity contribution >= 4 is 11.7 Å². The summed E-state index contributed by atoms with van der Waals surface area (Å²) >= 11 is 0. The van der Waals surface area contributed by atoms with Gasteiger partial charge < -0.3 is 15.4 Å². The van der Waals surface area contributed by atoms with Crippen molar-refractivity contribution in [1.82, 2.24) is 5.32 Å². The first kappa shape index (κ1) is 16.9. The van der Waals surface area contributed by atoms with Crippen molar-refractivity contribution in [1.29, 1.82) is 0 Å². The molecule has 0 aromatic heterocycles. The molecule has 0 aliphatic carbocycles. The minimum absolute atomic E-state index is 0.225. The van der Waals surface area contributed by atoms with Crippen molar-refractivity contribution in [3.8, 4) is 5.75 Å². The van der Waals surface area contributed by atoms with Crippen LogP contribution >= 0.6 is 0 Å². The van der Waals surface area contributed by atoms with Crippen molar-refractivity contribution in [2.45, 2.75) is 27.7 Å². The predicted octanol–water partition coefficient (Wildman–Crippen LogP) is 4.12. The highest BCUT2D eigenvalue weighted by Crippen LogP contribution is 2.25. The van der Waals surface area contributed by atoms with E-state index in [1.54, 1.807) is 0 Å². The summed E-state index contributed by atoms with van der Waals surface area (Å²) in [5.74, 6) is 0.908. The van der Waals surface area contributed by atoms with Crippen LogP contribution in [0.25, 0.3) is 0 Å². The Morgan fingerprint density at radius 1 is 1.04 bits per heavy atom. The van der Waals surface area contributed by atoms with Crippen LogP contribution in [0, 0.1) is 27.7 Å². The van der Waals surface area contributed by atoms with Gasteiger partial charge in [0.05, 0.1) is 6.54 Å². The lowest BCUT2D eigenvalue weighted by Gasteiger charge is -2.14. The van der Waals surface area contributed by atoms with Crippen molar-refractivity contribution in [2.75, 3.05) is 18.5 Å². The molecule has 4 heteroatoms. The van der Waals surface area contributed by atoms with Gasteiger partial charge in [0.2, 0.25) is 0 Å². The molecule has 2 aromatic carbocycles.